The van der Waals surface area contributed by atoms with E-state index in [1.807, 2.05) is 19.4 Å². The van der Waals surface area contributed by atoms with Crippen LogP contribution in [0.1, 0.15) is 6.92 Å². The van der Waals surface area contributed by atoms with Crippen LogP contribution in [0, 0.1) is 6.42 Å². The van der Waals surface area contributed by atoms with Gasteiger partial charge in [0.05, 0.1) is 6.42 Å². The number of rotatable bonds is 0. The monoisotopic (exact) mass is 106 g/mol. The smallest absolute Gasteiger partial charge is 0.143 e. The summed E-state index contributed by atoms with van der Waals surface area (Å²) in [6.07, 6.45) is 5.65. The summed E-state index contributed by atoms with van der Waals surface area (Å²) in [5.74, 6) is 0. The number of hydrogen-bond acceptors (Lipinski definition) is 1. The summed E-state index contributed by atoms with van der Waals surface area (Å²) in [6, 6.07) is 0. The van der Waals surface area contributed by atoms with Gasteiger partial charge in [0.25, 0.3) is 0 Å². The van der Waals surface area contributed by atoms with Crippen molar-refractivity contribution in [3.63, 3.8) is 0 Å². The summed E-state index contributed by atoms with van der Waals surface area (Å²) in [5, 5.41) is 0. The van der Waals surface area contributed by atoms with Gasteiger partial charge in [-0.25, -0.2) is 4.99 Å². The minimum atomic E-state index is 0.868. The Bertz CT molecular complexity index is 163. The minimum absolute atomic E-state index is 0.868. The van der Waals surface area contributed by atoms with Crippen LogP contribution in [-0.2, 0) is 0 Å². The Morgan fingerprint density at radius 3 is 2.88 bits per heavy atom. The molecular formula is C7H8N+. The number of dihydropyridines is 1. The van der Waals surface area contributed by atoms with Gasteiger partial charge in [0.15, 0.2) is 0 Å². The van der Waals surface area contributed by atoms with E-state index in [0.717, 1.165) is 11.3 Å². The Morgan fingerprint density at radius 2 is 2.50 bits per heavy atom. The molecule has 0 fully saturated rings. The molecule has 0 aromatic heterocycles. The van der Waals surface area contributed by atoms with E-state index in [9.17, 15) is 0 Å². The summed E-state index contributed by atoms with van der Waals surface area (Å²) in [5.41, 5.74) is 2.01. The Hall–Kier alpha value is -0.980. The maximum absolute atomic E-state index is 3.97. The topological polar surface area (TPSA) is 12.4 Å². The second-order valence-corrected chi connectivity index (χ2v) is 1.77. The number of allylic oxidation sites excluding steroid dienone is 2. The van der Waals surface area contributed by atoms with Gasteiger partial charge in [-0.3, -0.25) is 0 Å². The molecule has 0 spiro atoms. The fourth-order valence-electron chi connectivity index (χ4n) is 0.518. The van der Waals surface area contributed by atoms with E-state index >= 15 is 0 Å². The van der Waals surface area contributed by atoms with Gasteiger partial charge in [-0.15, -0.1) is 0 Å². The number of hydrogen-bond donors (Lipinski definition) is 0. The Morgan fingerprint density at radius 1 is 1.75 bits per heavy atom. The molecule has 0 atom stereocenters. The lowest BCUT2D eigenvalue weighted by Crippen LogP contribution is -1.87. The summed E-state index contributed by atoms with van der Waals surface area (Å²) in [7, 11) is 0. The molecular weight excluding hydrogens is 98.1 g/mol. The van der Waals surface area contributed by atoms with Crippen LogP contribution in [0.2, 0.25) is 0 Å². The molecule has 40 valence electrons. The van der Waals surface area contributed by atoms with Crippen LogP contribution in [0.15, 0.2) is 28.9 Å². The highest BCUT2D eigenvalue weighted by Gasteiger charge is 2.05. The molecule has 1 aliphatic heterocycles. The van der Waals surface area contributed by atoms with Gasteiger partial charge in [0, 0.05) is 6.92 Å². The molecule has 0 saturated carbocycles. The molecule has 0 aromatic rings. The summed E-state index contributed by atoms with van der Waals surface area (Å²) >= 11 is 0. The predicted octanol–water partition coefficient (Wildman–Crippen LogP) is 1.74. The van der Waals surface area contributed by atoms with Crippen molar-refractivity contribution in [2.75, 3.05) is 0 Å². The molecule has 1 heterocycles. The van der Waals surface area contributed by atoms with Crippen LogP contribution >= 0.6 is 0 Å². The third-order valence-corrected chi connectivity index (χ3v) is 1.12. The summed E-state index contributed by atoms with van der Waals surface area (Å²) in [6.45, 7) is 5.70. The van der Waals surface area contributed by atoms with Crippen molar-refractivity contribution < 1.29 is 0 Å². The lowest BCUT2D eigenvalue weighted by Gasteiger charge is -1.92. The van der Waals surface area contributed by atoms with E-state index in [0.29, 0.717) is 0 Å². The maximum Gasteiger partial charge on any atom is 0.143 e. The molecule has 1 heteroatoms. The summed E-state index contributed by atoms with van der Waals surface area (Å²) < 4.78 is 0. The molecule has 0 radical (unpaired) electrons. The highest BCUT2D eigenvalue weighted by atomic mass is 14.7. The van der Waals surface area contributed by atoms with Gasteiger partial charge in [-0.05, 0) is 0 Å². The molecule has 0 aliphatic carbocycles. The molecule has 0 aromatic carbocycles. The number of nitrogens with zero attached hydrogens (tertiary/aromatic N) is 1. The zero-order valence-electron chi connectivity index (χ0n) is 4.89. The van der Waals surface area contributed by atoms with E-state index in [2.05, 4.69) is 11.6 Å². The quantitative estimate of drug-likeness (QED) is 0.417. The van der Waals surface area contributed by atoms with E-state index in [-0.39, 0.29) is 0 Å². The zero-order chi connectivity index (χ0) is 5.98. The molecule has 0 bridgehead atoms. The average molecular weight is 106 g/mol. The van der Waals surface area contributed by atoms with Crippen molar-refractivity contribution >= 4 is 6.21 Å². The second-order valence-electron chi connectivity index (χ2n) is 1.77. The van der Waals surface area contributed by atoms with E-state index < -0.39 is 0 Å². The molecule has 1 nitrogen and oxygen atoms in total. The second kappa shape index (κ2) is 1.86. The minimum Gasteiger partial charge on any atom is -0.214 e. The van der Waals surface area contributed by atoms with Gasteiger partial charge in [-0.1, -0.05) is 6.58 Å². The Balaban J connectivity index is 2.78. The fraction of sp³-hybridized carbons (Fsp3) is 0.143. The first kappa shape index (κ1) is 5.16. The normalized spacial score (nSPS) is 17.6. The Kier molecular flexibility index (Phi) is 1.20. The summed E-state index contributed by atoms with van der Waals surface area (Å²) in [4.78, 5) is 3.97. The molecule has 0 amide bonds. The highest BCUT2D eigenvalue weighted by Crippen LogP contribution is 2.10. The third kappa shape index (κ3) is 0.808. The standard InChI is InChI=1S/C7H8N/c1-6-4-3-5-8-7(6)2/h3-5H,2H2,1H3/q+1. The van der Waals surface area contributed by atoms with Gasteiger partial charge in [-0.2, -0.15) is 0 Å². The van der Waals surface area contributed by atoms with Gasteiger partial charge < -0.3 is 0 Å². The molecule has 0 saturated heterocycles. The molecule has 0 N–H and O–H groups in total. The van der Waals surface area contributed by atoms with Crippen molar-refractivity contribution in [3.05, 3.63) is 30.3 Å². The van der Waals surface area contributed by atoms with Crippen LogP contribution in [0.4, 0.5) is 0 Å². The van der Waals surface area contributed by atoms with Gasteiger partial charge in [0.2, 0.25) is 0 Å². The molecule has 1 aliphatic rings. The maximum atomic E-state index is 3.97. The molecule has 1 rings (SSSR count). The van der Waals surface area contributed by atoms with E-state index in [1.165, 1.54) is 0 Å². The first-order chi connectivity index (χ1) is 3.80. The SMILES string of the molecule is C=C1N=C[CH+]C=C1C. The lowest BCUT2D eigenvalue weighted by molar-refractivity contribution is 1.28. The van der Waals surface area contributed by atoms with Gasteiger partial charge in [0.1, 0.15) is 23.6 Å². The van der Waals surface area contributed by atoms with Crippen molar-refractivity contribution in [2.24, 2.45) is 4.99 Å². The first-order valence-corrected chi connectivity index (χ1v) is 2.54. The van der Waals surface area contributed by atoms with Crippen LogP contribution in [-0.4, -0.2) is 6.21 Å². The number of aliphatic imine (C=N–C) groups is 1. The Labute approximate surface area is 49.4 Å². The van der Waals surface area contributed by atoms with Crippen molar-refractivity contribution in [1.82, 2.24) is 0 Å². The molecule has 0 unspecified atom stereocenters. The van der Waals surface area contributed by atoms with Crippen molar-refractivity contribution in [2.45, 2.75) is 6.92 Å². The van der Waals surface area contributed by atoms with E-state index in [1.54, 1.807) is 6.21 Å². The van der Waals surface area contributed by atoms with Crippen molar-refractivity contribution in [3.8, 4) is 0 Å². The first-order valence-electron chi connectivity index (χ1n) is 2.54. The van der Waals surface area contributed by atoms with Crippen LogP contribution in [0.5, 0.6) is 0 Å². The average Bonchev–Trinajstić information content (AvgIpc) is 1.77. The van der Waals surface area contributed by atoms with E-state index in [4.69, 9.17) is 0 Å². The van der Waals surface area contributed by atoms with Crippen LogP contribution < -0.4 is 0 Å². The largest absolute Gasteiger partial charge is 0.214 e. The van der Waals surface area contributed by atoms with Crippen molar-refractivity contribution in [1.29, 1.82) is 0 Å². The highest BCUT2D eigenvalue weighted by molar-refractivity contribution is 5.75. The van der Waals surface area contributed by atoms with Crippen LogP contribution in [0.3, 0.4) is 0 Å². The van der Waals surface area contributed by atoms with Gasteiger partial charge >= 0.3 is 0 Å². The lowest BCUT2D eigenvalue weighted by atomic mass is 10.2. The predicted molar refractivity (Wildman–Crippen MR) is 35.7 cm³/mol. The van der Waals surface area contributed by atoms with Crippen LogP contribution in [0.25, 0.3) is 0 Å². The fourth-order valence-corrected chi connectivity index (χ4v) is 0.518. The third-order valence-electron chi connectivity index (χ3n) is 1.12. The zero-order valence-corrected chi connectivity index (χ0v) is 4.89. The molecule has 8 heavy (non-hydrogen) atoms.